The minimum Gasteiger partial charge on any atom is -0.379 e. The number of unbranched alkanes of at least 4 members (excludes halogenated alkanes) is 2. The summed E-state index contributed by atoms with van der Waals surface area (Å²) in [5, 5.41) is 0. The van der Waals surface area contributed by atoms with E-state index in [0.717, 1.165) is 25.0 Å². The Labute approximate surface area is 127 Å². The molecule has 20 heavy (non-hydrogen) atoms. The molecule has 7 heteroatoms. The van der Waals surface area contributed by atoms with Crippen molar-refractivity contribution in [2.24, 2.45) is 0 Å². The molecular weight excluding hydrogens is 299 g/mol. The second-order valence-electron chi connectivity index (χ2n) is 4.05. The van der Waals surface area contributed by atoms with E-state index >= 15 is 0 Å². The molecule has 0 unspecified atom stereocenters. The fourth-order valence-corrected chi connectivity index (χ4v) is 4.67. The molecular formula is C13H29O5PS. The molecule has 0 amide bonds. The lowest BCUT2D eigenvalue weighted by molar-refractivity contribution is 0.0858. The van der Waals surface area contributed by atoms with Crippen LogP contribution in [0.3, 0.4) is 0 Å². The van der Waals surface area contributed by atoms with Crippen molar-refractivity contribution in [2.75, 3.05) is 45.4 Å². The maximum absolute atomic E-state index is 12.5. The van der Waals surface area contributed by atoms with Crippen LogP contribution in [-0.2, 0) is 23.1 Å². The minimum absolute atomic E-state index is 0.292. The van der Waals surface area contributed by atoms with E-state index in [9.17, 15) is 4.57 Å². The topological polar surface area (TPSA) is 54.0 Å². The predicted octanol–water partition coefficient (Wildman–Crippen LogP) is 4.12. The van der Waals surface area contributed by atoms with Crippen molar-refractivity contribution in [3.8, 4) is 0 Å². The van der Waals surface area contributed by atoms with E-state index in [1.54, 1.807) is 0 Å². The van der Waals surface area contributed by atoms with E-state index < -0.39 is 6.80 Å². The van der Waals surface area contributed by atoms with Gasteiger partial charge in [-0.1, -0.05) is 19.8 Å². The lowest BCUT2D eigenvalue weighted by Gasteiger charge is -2.17. The van der Waals surface area contributed by atoms with Gasteiger partial charge in [0.1, 0.15) is 0 Å². The second-order valence-corrected chi connectivity index (χ2v) is 8.24. The minimum atomic E-state index is -3.08. The molecule has 0 saturated heterocycles. The largest absolute Gasteiger partial charge is 0.389 e. The SMILES string of the molecule is CCCCCSP(=O)(OCCOCC)OCCOCC. The highest BCUT2D eigenvalue weighted by Gasteiger charge is 2.25. The van der Waals surface area contributed by atoms with Crippen molar-refractivity contribution in [3.63, 3.8) is 0 Å². The Kier molecular flexibility index (Phi) is 14.7. The molecule has 0 aromatic rings. The number of ether oxygens (including phenoxy) is 2. The van der Waals surface area contributed by atoms with Gasteiger partial charge < -0.3 is 9.47 Å². The van der Waals surface area contributed by atoms with Crippen LogP contribution in [0.5, 0.6) is 0 Å². The second kappa shape index (κ2) is 14.4. The average Bonchev–Trinajstić information content (AvgIpc) is 2.45. The molecule has 0 aliphatic heterocycles. The van der Waals surface area contributed by atoms with E-state index in [0.29, 0.717) is 39.6 Å². The number of rotatable bonds is 15. The predicted molar refractivity (Wildman–Crippen MR) is 84.5 cm³/mol. The summed E-state index contributed by atoms with van der Waals surface area (Å²) in [6.45, 7) is 5.60. The van der Waals surface area contributed by atoms with Gasteiger partial charge in [-0.2, -0.15) is 0 Å². The highest BCUT2D eigenvalue weighted by atomic mass is 32.7. The van der Waals surface area contributed by atoms with E-state index in [2.05, 4.69) is 6.92 Å². The van der Waals surface area contributed by atoms with Crippen LogP contribution in [0.1, 0.15) is 40.0 Å². The first-order valence-corrected chi connectivity index (χ1v) is 10.5. The van der Waals surface area contributed by atoms with Gasteiger partial charge in [-0.3, -0.25) is 9.05 Å². The molecule has 0 aliphatic rings. The third kappa shape index (κ3) is 12.2. The van der Waals surface area contributed by atoms with Crippen LogP contribution in [0.4, 0.5) is 0 Å². The fraction of sp³-hybridized carbons (Fsp3) is 1.00. The van der Waals surface area contributed by atoms with Crippen LogP contribution in [0, 0.1) is 0 Å². The van der Waals surface area contributed by atoms with E-state index in [1.807, 2.05) is 13.8 Å². The standard InChI is InChI=1S/C13H29O5PS/c1-4-7-8-13-20-19(14,17-11-9-15-5-2)18-12-10-16-6-3/h4-13H2,1-3H3. The zero-order chi connectivity index (χ0) is 15.1. The summed E-state index contributed by atoms with van der Waals surface area (Å²) < 4.78 is 33.7. The third-order valence-electron chi connectivity index (χ3n) is 2.36. The summed E-state index contributed by atoms with van der Waals surface area (Å²) >= 11 is 1.28. The molecule has 0 saturated carbocycles. The van der Waals surface area contributed by atoms with Gasteiger partial charge >= 0.3 is 6.80 Å². The normalized spacial score (nSPS) is 11.9. The zero-order valence-corrected chi connectivity index (χ0v) is 14.7. The van der Waals surface area contributed by atoms with Crippen LogP contribution in [0.2, 0.25) is 0 Å². The molecule has 5 nitrogen and oxygen atoms in total. The van der Waals surface area contributed by atoms with Gasteiger partial charge in [0, 0.05) is 19.0 Å². The number of hydrogen-bond donors (Lipinski definition) is 0. The van der Waals surface area contributed by atoms with E-state index in [-0.39, 0.29) is 0 Å². The Morgan fingerprint density at radius 2 is 1.40 bits per heavy atom. The first-order chi connectivity index (χ1) is 9.68. The van der Waals surface area contributed by atoms with Crippen molar-refractivity contribution in [1.82, 2.24) is 0 Å². The van der Waals surface area contributed by atoms with Crippen LogP contribution in [0.15, 0.2) is 0 Å². The lowest BCUT2D eigenvalue weighted by atomic mass is 10.3. The van der Waals surface area contributed by atoms with Crippen molar-refractivity contribution < 1.29 is 23.1 Å². The molecule has 0 spiro atoms. The molecule has 0 atom stereocenters. The molecule has 0 fully saturated rings. The van der Waals surface area contributed by atoms with E-state index in [1.165, 1.54) is 11.4 Å². The summed E-state index contributed by atoms with van der Waals surface area (Å²) in [6.07, 6.45) is 3.29. The molecule has 0 heterocycles. The molecule has 0 aromatic heterocycles. The Balaban J connectivity index is 4.02. The zero-order valence-electron chi connectivity index (χ0n) is 13.0. The van der Waals surface area contributed by atoms with Gasteiger partial charge in [-0.25, -0.2) is 4.57 Å². The molecule has 0 bridgehead atoms. The van der Waals surface area contributed by atoms with Crippen molar-refractivity contribution in [2.45, 2.75) is 40.0 Å². The Hall–Kier alpha value is 0.420. The van der Waals surface area contributed by atoms with Crippen molar-refractivity contribution in [1.29, 1.82) is 0 Å². The molecule has 0 N–H and O–H groups in total. The summed E-state index contributed by atoms with van der Waals surface area (Å²) in [7, 11) is 0. The van der Waals surface area contributed by atoms with Gasteiger partial charge in [0.05, 0.1) is 26.4 Å². The highest BCUT2D eigenvalue weighted by molar-refractivity contribution is 8.55. The van der Waals surface area contributed by atoms with Crippen LogP contribution >= 0.6 is 18.2 Å². The summed E-state index contributed by atoms with van der Waals surface area (Å²) in [5.74, 6) is 0.786. The monoisotopic (exact) mass is 328 g/mol. The molecule has 122 valence electrons. The summed E-state index contributed by atoms with van der Waals surface area (Å²) in [6, 6.07) is 0. The van der Waals surface area contributed by atoms with Crippen LogP contribution in [0.25, 0.3) is 0 Å². The molecule has 0 aliphatic carbocycles. The van der Waals surface area contributed by atoms with Gasteiger partial charge in [-0.05, 0) is 31.7 Å². The van der Waals surface area contributed by atoms with Gasteiger partial charge in [0.15, 0.2) is 0 Å². The fourth-order valence-electron chi connectivity index (χ4n) is 1.34. The highest BCUT2D eigenvalue weighted by Crippen LogP contribution is 2.60. The first-order valence-electron chi connectivity index (χ1n) is 7.37. The smallest absolute Gasteiger partial charge is 0.379 e. The average molecular weight is 328 g/mol. The maximum Gasteiger partial charge on any atom is 0.389 e. The quantitative estimate of drug-likeness (QED) is 0.333. The van der Waals surface area contributed by atoms with Gasteiger partial charge in [0.25, 0.3) is 0 Å². The summed E-state index contributed by atoms with van der Waals surface area (Å²) in [5.41, 5.74) is 0. The maximum atomic E-state index is 12.5. The summed E-state index contributed by atoms with van der Waals surface area (Å²) in [4.78, 5) is 0. The molecule has 0 radical (unpaired) electrons. The first kappa shape index (κ1) is 20.4. The van der Waals surface area contributed by atoms with E-state index in [4.69, 9.17) is 18.5 Å². The Bertz CT molecular complexity index is 215. The number of hydrogen-bond acceptors (Lipinski definition) is 6. The lowest BCUT2D eigenvalue weighted by Crippen LogP contribution is -2.06. The van der Waals surface area contributed by atoms with Crippen LogP contribution < -0.4 is 0 Å². The Morgan fingerprint density at radius 1 is 0.850 bits per heavy atom. The van der Waals surface area contributed by atoms with Gasteiger partial charge in [0.2, 0.25) is 0 Å². The Morgan fingerprint density at radius 3 is 1.85 bits per heavy atom. The third-order valence-corrected chi connectivity index (χ3v) is 6.27. The van der Waals surface area contributed by atoms with Crippen molar-refractivity contribution >= 4 is 18.2 Å². The van der Waals surface area contributed by atoms with Crippen LogP contribution in [-0.4, -0.2) is 45.4 Å². The van der Waals surface area contributed by atoms with Crippen molar-refractivity contribution in [3.05, 3.63) is 0 Å². The molecule has 0 rings (SSSR count). The van der Waals surface area contributed by atoms with Gasteiger partial charge in [-0.15, -0.1) is 0 Å². The molecule has 0 aromatic carbocycles.